The van der Waals surface area contributed by atoms with Gasteiger partial charge in [0, 0.05) is 54.3 Å². The molecule has 0 radical (unpaired) electrons. The van der Waals surface area contributed by atoms with E-state index >= 15 is 0 Å². The van der Waals surface area contributed by atoms with Crippen molar-refractivity contribution in [3.8, 4) is 0 Å². The Hall–Kier alpha value is -4.84. The summed E-state index contributed by atoms with van der Waals surface area (Å²) in [5.74, 6) is -0.678. The number of hydrogen-bond donors (Lipinski definition) is 0. The van der Waals surface area contributed by atoms with Crippen LogP contribution in [-0.2, 0) is 33.3 Å². The summed E-state index contributed by atoms with van der Waals surface area (Å²) in [6.45, 7) is 18.7. The molecule has 0 fully saturated rings. The Balaban J connectivity index is 1.48. The first-order valence-electron chi connectivity index (χ1n) is 18.1. The van der Waals surface area contributed by atoms with E-state index in [-0.39, 0.29) is 49.8 Å². The molecular weight excluding hydrogens is 672 g/mol. The van der Waals surface area contributed by atoms with Crippen LogP contribution < -0.4 is 0 Å². The maximum atomic E-state index is 12.9. The summed E-state index contributed by atoms with van der Waals surface area (Å²) in [4.78, 5) is 45.5. The van der Waals surface area contributed by atoms with E-state index in [1.165, 1.54) is 7.11 Å². The highest BCUT2D eigenvalue weighted by molar-refractivity contribution is 6.19. The van der Waals surface area contributed by atoms with E-state index in [9.17, 15) is 9.59 Å². The highest BCUT2D eigenvalue weighted by Gasteiger charge is 2.34. The van der Waals surface area contributed by atoms with Crippen LogP contribution >= 0.6 is 0 Å². The standard InChI is InChI=1S/C42H50N4O7/c1-9-29-25(3)33-21-34-27(5)31(11-13-41(47)50-8)39(45-34)24-40-32(12-14-42(48)53-20-19-52-18-17-51-16-15-49-7)28(6)36(46-40)23-38-30(10-2)26(4)35(44-38)22-37(29)43-33/h9-10,21-24,27,31H,1-2,11-20H2,3-8H3. The zero-order chi connectivity index (χ0) is 38.1. The Bertz CT molecular complexity index is 1890. The molecule has 0 aromatic rings. The van der Waals surface area contributed by atoms with Crippen LogP contribution in [-0.4, -0.2) is 88.6 Å². The number of aliphatic imine (C=N–C) groups is 4. The van der Waals surface area contributed by atoms with Crippen molar-refractivity contribution >= 4 is 34.8 Å². The fourth-order valence-electron chi connectivity index (χ4n) is 6.82. The maximum absolute atomic E-state index is 12.9. The van der Waals surface area contributed by atoms with Gasteiger partial charge in [-0.1, -0.05) is 32.2 Å². The van der Waals surface area contributed by atoms with E-state index in [1.807, 2.05) is 57.2 Å². The van der Waals surface area contributed by atoms with Gasteiger partial charge in [0.1, 0.15) is 6.61 Å². The van der Waals surface area contributed by atoms with Crippen LogP contribution in [0.4, 0.5) is 0 Å². The molecule has 280 valence electrons. The average Bonchev–Trinajstić information content (AvgIpc) is 3.81. The Labute approximate surface area is 312 Å². The average molecular weight is 723 g/mol. The first-order valence-corrected chi connectivity index (χ1v) is 18.1. The Kier molecular flexibility index (Phi) is 13.6. The molecule has 8 bridgehead atoms. The van der Waals surface area contributed by atoms with Gasteiger partial charge in [0.05, 0.1) is 74.4 Å². The minimum Gasteiger partial charge on any atom is -0.469 e. The molecule has 2 unspecified atom stereocenters. The molecule has 0 saturated heterocycles. The molecule has 5 rings (SSSR count). The van der Waals surface area contributed by atoms with E-state index in [0.717, 1.165) is 79.1 Å². The Morgan fingerprint density at radius 2 is 1.26 bits per heavy atom. The lowest BCUT2D eigenvalue weighted by molar-refractivity contribution is -0.145. The molecule has 11 heteroatoms. The summed E-state index contributed by atoms with van der Waals surface area (Å²) in [6, 6.07) is 0. The van der Waals surface area contributed by atoms with Crippen molar-refractivity contribution in [2.75, 3.05) is 53.9 Å². The number of hydrogen-bond acceptors (Lipinski definition) is 11. The van der Waals surface area contributed by atoms with Gasteiger partial charge >= 0.3 is 11.9 Å². The fraction of sp³-hybridized carbons (Fsp3) is 0.429. The summed E-state index contributed by atoms with van der Waals surface area (Å²) < 4.78 is 26.3. The molecule has 5 heterocycles. The van der Waals surface area contributed by atoms with E-state index < -0.39 is 0 Å². The maximum Gasteiger partial charge on any atom is 0.306 e. The number of allylic oxidation sites excluding steroid dienone is 11. The molecule has 0 aromatic heterocycles. The first-order chi connectivity index (χ1) is 25.6. The van der Waals surface area contributed by atoms with Crippen LogP contribution in [0.2, 0.25) is 0 Å². The lowest BCUT2D eigenvalue weighted by Crippen LogP contribution is -2.18. The predicted molar refractivity (Wildman–Crippen MR) is 208 cm³/mol. The van der Waals surface area contributed by atoms with Crippen LogP contribution in [0.1, 0.15) is 53.4 Å². The van der Waals surface area contributed by atoms with Gasteiger partial charge in [-0.15, -0.1) is 0 Å². The molecule has 5 aliphatic heterocycles. The van der Waals surface area contributed by atoms with Gasteiger partial charge in [-0.3, -0.25) is 14.6 Å². The predicted octanol–water partition coefficient (Wildman–Crippen LogP) is 6.88. The molecule has 11 nitrogen and oxygen atoms in total. The third kappa shape index (κ3) is 9.22. The van der Waals surface area contributed by atoms with Crippen molar-refractivity contribution in [2.45, 2.75) is 53.4 Å². The monoisotopic (exact) mass is 722 g/mol. The smallest absolute Gasteiger partial charge is 0.306 e. The van der Waals surface area contributed by atoms with Crippen molar-refractivity contribution in [3.63, 3.8) is 0 Å². The molecular formula is C42H50N4O7. The van der Waals surface area contributed by atoms with E-state index in [4.69, 9.17) is 43.7 Å². The Morgan fingerprint density at radius 3 is 1.87 bits per heavy atom. The van der Waals surface area contributed by atoms with Crippen molar-refractivity contribution in [1.29, 1.82) is 0 Å². The second-order valence-corrected chi connectivity index (χ2v) is 13.2. The molecule has 0 aliphatic carbocycles. The largest absolute Gasteiger partial charge is 0.469 e. The van der Waals surface area contributed by atoms with Crippen LogP contribution in [0.25, 0.3) is 0 Å². The summed E-state index contributed by atoms with van der Waals surface area (Å²) in [6.07, 6.45) is 13.0. The molecule has 0 amide bonds. The molecule has 0 N–H and O–H groups in total. The van der Waals surface area contributed by atoms with Gasteiger partial charge in [0.15, 0.2) is 0 Å². The topological polar surface area (TPSA) is 130 Å². The highest BCUT2D eigenvalue weighted by Crippen LogP contribution is 2.39. The number of carbonyl (C=O) groups is 2. The normalized spacial score (nSPS) is 20.7. The number of ether oxygens (including phenoxy) is 5. The number of esters is 2. The lowest BCUT2D eigenvalue weighted by Gasteiger charge is -2.17. The Morgan fingerprint density at radius 1 is 0.698 bits per heavy atom. The second kappa shape index (κ2) is 18.3. The van der Waals surface area contributed by atoms with Gasteiger partial charge in [-0.25, -0.2) is 15.0 Å². The summed E-state index contributed by atoms with van der Waals surface area (Å²) >= 11 is 0. The second-order valence-electron chi connectivity index (χ2n) is 13.2. The summed E-state index contributed by atoms with van der Waals surface area (Å²) in [7, 11) is 3.02. The minimum atomic E-state index is -0.327. The molecule has 5 aliphatic rings. The van der Waals surface area contributed by atoms with E-state index in [2.05, 4.69) is 20.1 Å². The first kappa shape index (κ1) is 39.4. The highest BCUT2D eigenvalue weighted by atomic mass is 16.6. The number of methoxy groups -OCH3 is 2. The van der Waals surface area contributed by atoms with Crippen LogP contribution in [0, 0.1) is 11.8 Å². The van der Waals surface area contributed by atoms with Gasteiger partial charge in [-0.2, -0.15) is 0 Å². The molecule has 2 atom stereocenters. The molecule has 0 spiro atoms. The minimum absolute atomic E-state index is 0.00627. The number of fused-ring (bicyclic) bond motifs is 4. The number of rotatable bonds is 17. The molecule has 0 saturated carbocycles. The van der Waals surface area contributed by atoms with Gasteiger partial charge < -0.3 is 23.7 Å². The van der Waals surface area contributed by atoms with Gasteiger partial charge in [0.25, 0.3) is 0 Å². The number of nitrogens with zero attached hydrogens (tertiary/aromatic N) is 4. The van der Waals surface area contributed by atoms with Crippen molar-refractivity contribution in [2.24, 2.45) is 31.8 Å². The zero-order valence-corrected chi connectivity index (χ0v) is 31.8. The summed E-state index contributed by atoms with van der Waals surface area (Å²) in [5.41, 5.74) is 11.9. The van der Waals surface area contributed by atoms with Crippen LogP contribution in [0.15, 0.2) is 126 Å². The molecule has 53 heavy (non-hydrogen) atoms. The third-order valence-electron chi connectivity index (χ3n) is 9.99. The molecule has 0 aromatic carbocycles. The lowest BCUT2D eigenvalue weighted by atomic mass is 9.85. The fourth-order valence-corrected chi connectivity index (χ4v) is 6.82. The van der Waals surface area contributed by atoms with E-state index in [1.54, 1.807) is 7.11 Å². The quantitative estimate of drug-likeness (QED) is 0.118. The van der Waals surface area contributed by atoms with Crippen molar-refractivity contribution < 1.29 is 33.3 Å². The van der Waals surface area contributed by atoms with Crippen molar-refractivity contribution in [3.05, 3.63) is 106 Å². The van der Waals surface area contributed by atoms with Crippen LogP contribution in [0.3, 0.4) is 0 Å². The van der Waals surface area contributed by atoms with E-state index in [0.29, 0.717) is 39.3 Å². The third-order valence-corrected chi connectivity index (χ3v) is 9.99. The number of carbonyl (C=O) groups excluding carboxylic acids is 2. The SMILES string of the molecule is C=CC1=C(C)C2=NC1=CC1=NC(=CC3=NC(=CC4=NC(=C2)C(C=C)=C4C)C(C)C3CCC(=O)OC)C(CCC(=O)OCCOCCOCCOC)=C1C. The van der Waals surface area contributed by atoms with Gasteiger partial charge in [-0.05, 0) is 80.2 Å². The summed E-state index contributed by atoms with van der Waals surface area (Å²) in [5, 5.41) is 0. The zero-order valence-electron chi connectivity index (χ0n) is 31.8. The van der Waals surface area contributed by atoms with Crippen LogP contribution in [0.5, 0.6) is 0 Å². The van der Waals surface area contributed by atoms with Gasteiger partial charge in [0.2, 0.25) is 0 Å². The van der Waals surface area contributed by atoms with Crippen molar-refractivity contribution in [1.82, 2.24) is 0 Å².